The van der Waals surface area contributed by atoms with Gasteiger partial charge in [-0.25, -0.2) is 0 Å². The van der Waals surface area contributed by atoms with E-state index in [2.05, 4.69) is 25.2 Å². The second kappa shape index (κ2) is 1.73. The molecule has 48 valence electrons. The van der Waals surface area contributed by atoms with Crippen molar-refractivity contribution in [2.24, 2.45) is 11.8 Å². The van der Waals surface area contributed by atoms with E-state index in [0.717, 1.165) is 11.8 Å². The van der Waals surface area contributed by atoms with Gasteiger partial charge in [0.2, 0.25) is 0 Å². The molecule has 0 heteroatoms. The van der Waals surface area contributed by atoms with Crippen LogP contribution in [-0.2, 0) is 0 Å². The maximum Gasteiger partial charge on any atom is -0.0125 e. The molecular formula is C9H12. The summed E-state index contributed by atoms with van der Waals surface area (Å²) in [6, 6.07) is 0. The highest BCUT2D eigenvalue weighted by atomic mass is 14.3. The van der Waals surface area contributed by atoms with Crippen LogP contribution in [0.4, 0.5) is 0 Å². The lowest BCUT2D eigenvalue weighted by Gasteiger charge is -2.02. The van der Waals surface area contributed by atoms with E-state index in [1.165, 1.54) is 12.8 Å². The molecule has 0 N–H and O–H groups in total. The molecule has 2 unspecified atom stereocenters. The minimum absolute atomic E-state index is 0.843. The lowest BCUT2D eigenvalue weighted by atomic mass is 10.0. The molecule has 9 heavy (non-hydrogen) atoms. The zero-order valence-corrected chi connectivity index (χ0v) is 5.80. The van der Waals surface area contributed by atoms with Crippen LogP contribution >= 0.6 is 0 Å². The van der Waals surface area contributed by atoms with E-state index in [9.17, 15) is 0 Å². The highest BCUT2D eigenvalue weighted by Gasteiger charge is 2.23. The molecule has 0 spiro atoms. The molecule has 0 saturated carbocycles. The summed E-state index contributed by atoms with van der Waals surface area (Å²) in [5.41, 5.74) is 1.60. The molecule has 0 bridgehead atoms. The zero-order valence-electron chi connectivity index (χ0n) is 5.80. The molecule has 0 aromatic carbocycles. The van der Waals surface area contributed by atoms with Crippen molar-refractivity contribution in [3.05, 3.63) is 23.8 Å². The summed E-state index contributed by atoms with van der Waals surface area (Å²) < 4.78 is 0. The molecule has 0 aromatic rings. The topological polar surface area (TPSA) is 0 Å². The van der Waals surface area contributed by atoms with Crippen molar-refractivity contribution in [1.29, 1.82) is 0 Å². The molecular weight excluding hydrogens is 108 g/mol. The number of rotatable bonds is 0. The molecule has 2 atom stereocenters. The smallest absolute Gasteiger partial charge is 0.0125 e. The fourth-order valence-electron chi connectivity index (χ4n) is 1.91. The Morgan fingerprint density at radius 3 is 3.22 bits per heavy atom. The first-order valence-corrected chi connectivity index (χ1v) is 3.74. The molecule has 2 aliphatic carbocycles. The third kappa shape index (κ3) is 0.735. The Bertz CT molecular complexity index is 174. The van der Waals surface area contributed by atoms with Gasteiger partial charge in [-0.3, -0.25) is 0 Å². The van der Waals surface area contributed by atoms with Crippen molar-refractivity contribution in [2.75, 3.05) is 0 Å². The molecule has 0 radical (unpaired) electrons. The van der Waals surface area contributed by atoms with Crippen LogP contribution in [0, 0.1) is 11.8 Å². The Morgan fingerprint density at radius 1 is 1.56 bits per heavy atom. The van der Waals surface area contributed by atoms with Gasteiger partial charge in [-0.1, -0.05) is 25.2 Å². The third-order valence-corrected chi connectivity index (χ3v) is 2.34. The average Bonchev–Trinajstić information content (AvgIpc) is 2.22. The van der Waals surface area contributed by atoms with Crippen LogP contribution in [0.1, 0.15) is 19.8 Å². The van der Waals surface area contributed by atoms with Crippen molar-refractivity contribution in [2.45, 2.75) is 19.8 Å². The molecule has 2 rings (SSSR count). The van der Waals surface area contributed by atoms with Crippen LogP contribution < -0.4 is 0 Å². The van der Waals surface area contributed by atoms with Crippen LogP contribution in [-0.4, -0.2) is 0 Å². The van der Waals surface area contributed by atoms with Crippen LogP contribution in [0.15, 0.2) is 23.8 Å². The number of hydrogen-bond acceptors (Lipinski definition) is 0. The summed E-state index contributed by atoms with van der Waals surface area (Å²) in [7, 11) is 0. The molecule has 0 nitrogen and oxygen atoms in total. The van der Waals surface area contributed by atoms with E-state index >= 15 is 0 Å². The first kappa shape index (κ1) is 5.28. The van der Waals surface area contributed by atoms with Crippen LogP contribution in [0.2, 0.25) is 0 Å². The Kier molecular flexibility index (Phi) is 1.01. The molecule has 0 amide bonds. The van der Waals surface area contributed by atoms with Crippen molar-refractivity contribution in [3.63, 3.8) is 0 Å². The normalized spacial score (nSPS) is 39.0. The van der Waals surface area contributed by atoms with Crippen LogP contribution in [0.5, 0.6) is 0 Å². The van der Waals surface area contributed by atoms with Gasteiger partial charge < -0.3 is 0 Å². The largest absolute Gasteiger partial charge is 0.0837 e. The van der Waals surface area contributed by atoms with E-state index in [1.54, 1.807) is 5.57 Å². The third-order valence-electron chi connectivity index (χ3n) is 2.34. The molecule has 0 fully saturated rings. The van der Waals surface area contributed by atoms with Gasteiger partial charge >= 0.3 is 0 Å². The quantitative estimate of drug-likeness (QED) is 0.461. The maximum absolute atomic E-state index is 2.41. The maximum atomic E-state index is 2.41. The fraction of sp³-hybridized carbons (Fsp3) is 0.556. The molecule has 2 aliphatic rings. The highest BCUT2D eigenvalue weighted by Crippen LogP contribution is 2.37. The Morgan fingerprint density at radius 2 is 2.44 bits per heavy atom. The van der Waals surface area contributed by atoms with E-state index in [1.807, 2.05) is 0 Å². The predicted molar refractivity (Wildman–Crippen MR) is 39.1 cm³/mol. The van der Waals surface area contributed by atoms with Crippen LogP contribution in [0.25, 0.3) is 0 Å². The number of hydrogen-bond donors (Lipinski definition) is 0. The predicted octanol–water partition coefficient (Wildman–Crippen LogP) is 2.53. The Hall–Kier alpha value is -0.520. The SMILES string of the molecule is CC1C=C2C=CCC2C1. The standard InChI is InChI=1S/C9H12/c1-7-5-8-3-2-4-9(8)6-7/h2-3,5,7,9H,4,6H2,1H3. The van der Waals surface area contributed by atoms with Crippen molar-refractivity contribution < 1.29 is 0 Å². The van der Waals surface area contributed by atoms with Crippen LogP contribution in [0.3, 0.4) is 0 Å². The first-order chi connectivity index (χ1) is 4.36. The van der Waals surface area contributed by atoms with E-state index < -0.39 is 0 Å². The summed E-state index contributed by atoms with van der Waals surface area (Å²) in [6.07, 6.45) is 9.68. The minimum atomic E-state index is 0.843. The summed E-state index contributed by atoms with van der Waals surface area (Å²) in [6.45, 7) is 2.30. The van der Waals surface area contributed by atoms with E-state index in [4.69, 9.17) is 0 Å². The summed E-state index contributed by atoms with van der Waals surface area (Å²) in [4.78, 5) is 0. The molecule has 0 aromatic heterocycles. The molecule has 0 saturated heterocycles. The summed E-state index contributed by atoms with van der Waals surface area (Å²) in [5.74, 6) is 1.75. The van der Waals surface area contributed by atoms with E-state index in [0.29, 0.717) is 0 Å². The number of fused-ring (bicyclic) bond motifs is 1. The second-order valence-corrected chi connectivity index (χ2v) is 3.21. The van der Waals surface area contributed by atoms with Gasteiger partial charge in [-0.15, -0.1) is 0 Å². The number of allylic oxidation sites excluding steroid dienone is 4. The average molecular weight is 120 g/mol. The lowest BCUT2D eigenvalue weighted by Crippen LogP contribution is -1.92. The van der Waals surface area contributed by atoms with Crippen molar-refractivity contribution in [1.82, 2.24) is 0 Å². The van der Waals surface area contributed by atoms with Gasteiger partial charge in [-0.05, 0) is 30.3 Å². The van der Waals surface area contributed by atoms with Gasteiger partial charge in [0, 0.05) is 0 Å². The van der Waals surface area contributed by atoms with Gasteiger partial charge in [0.15, 0.2) is 0 Å². The monoisotopic (exact) mass is 120 g/mol. The van der Waals surface area contributed by atoms with Gasteiger partial charge in [0.1, 0.15) is 0 Å². The van der Waals surface area contributed by atoms with Gasteiger partial charge in [-0.2, -0.15) is 0 Å². The minimum Gasteiger partial charge on any atom is -0.0837 e. The molecule has 0 aliphatic heterocycles. The zero-order chi connectivity index (χ0) is 6.27. The summed E-state index contributed by atoms with van der Waals surface area (Å²) in [5, 5.41) is 0. The van der Waals surface area contributed by atoms with Crippen molar-refractivity contribution >= 4 is 0 Å². The Balaban J connectivity index is 2.26. The van der Waals surface area contributed by atoms with Crippen molar-refractivity contribution in [3.8, 4) is 0 Å². The lowest BCUT2D eigenvalue weighted by molar-refractivity contribution is 0.558. The second-order valence-electron chi connectivity index (χ2n) is 3.21. The highest BCUT2D eigenvalue weighted by molar-refractivity contribution is 5.32. The Labute approximate surface area is 56.3 Å². The fourth-order valence-corrected chi connectivity index (χ4v) is 1.91. The molecule has 0 heterocycles. The summed E-state index contributed by atoms with van der Waals surface area (Å²) >= 11 is 0. The first-order valence-electron chi connectivity index (χ1n) is 3.74. The van der Waals surface area contributed by atoms with E-state index in [-0.39, 0.29) is 0 Å². The van der Waals surface area contributed by atoms with Gasteiger partial charge in [0.05, 0.1) is 0 Å². The van der Waals surface area contributed by atoms with Gasteiger partial charge in [0.25, 0.3) is 0 Å².